The maximum absolute atomic E-state index is 13.0. The van der Waals surface area contributed by atoms with Crippen molar-refractivity contribution in [3.63, 3.8) is 0 Å². The van der Waals surface area contributed by atoms with Crippen LogP contribution in [0.1, 0.15) is 5.82 Å². The van der Waals surface area contributed by atoms with Gasteiger partial charge in [0.2, 0.25) is 0 Å². The number of aromatic nitrogens is 3. The molecule has 15 heavy (non-hydrogen) atoms. The fourth-order valence-corrected chi connectivity index (χ4v) is 1.46. The number of nitrogens with zero attached hydrogens (tertiary/aromatic N) is 3. The van der Waals surface area contributed by atoms with E-state index in [0.29, 0.717) is 17.1 Å². The van der Waals surface area contributed by atoms with Crippen molar-refractivity contribution < 1.29 is 4.39 Å². The highest BCUT2D eigenvalue weighted by atomic mass is 35.5. The Morgan fingerprint density at radius 2 is 2.07 bits per heavy atom. The van der Waals surface area contributed by atoms with Gasteiger partial charge in [-0.05, 0) is 19.1 Å². The first-order valence-electron chi connectivity index (χ1n) is 4.29. The molecule has 0 unspecified atom stereocenters. The summed E-state index contributed by atoms with van der Waals surface area (Å²) in [6.45, 7) is 1.69. The summed E-state index contributed by atoms with van der Waals surface area (Å²) in [5.74, 6) is 0.145. The van der Waals surface area contributed by atoms with Crippen LogP contribution in [0.3, 0.4) is 0 Å². The molecular formula is C10H7ClFN3. The van der Waals surface area contributed by atoms with E-state index in [9.17, 15) is 4.39 Å². The third-order valence-corrected chi connectivity index (χ3v) is 2.11. The smallest absolute Gasteiger partial charge is 0.159 e. The predicted molar refractivity (Wildman–Crippen MR) is 55.0 cm³/mol. The van der Waals surface area contributed by atoms with E-state index >= 15 is 0 Å². The van der Waals surface area contributed by atoms with Crippen molar-refractivity contribution in [2.24, 2.45) is 0 Å². The van der Waals surface area contributed by atoms with E-state index in [2.05, 4.69) is 15.2 Å². The van der Waals surface area contributed by atoms with Crippen molar-refractivity contribution in [2.75, 3.05) is 0 Å². The molecule has 0 bridgehead atoms. The number of hydrogen-bond donors (Lipinski definition) is 0. The highest BCUT2D eigenvalue weighted by Crippen LogP contribution is 2.23. The summed E-state index contributed by atoms with van der Waals surface area (Å²) >= 11 is 5.88. The van der Waals surface area contributed by atoms with E-state index in [-0.39, 0.29) is 11.0 Å². The highest BCUT2D eigenvalue weighted by Gasteiger charge is 2.08. The standard InChI is InChI=1S/C10H7ClFN3/c1-6-13-10(11)9(15-14-6)7-3-2-4-8(12)5-7/h2-5H,1H3. The second-order valence-electron chi connectivity index (χ2n) is 3.01. The van der Waals surface area contributed by atoms with Crippen LogP contribution in [0.2, 0.25) is 5.15 Å². The molecule has 0 N–H and O–H groups in total. The van der Waals surface area contributed by atoms with Crippen LogP contribution < -0.4 is 0 Å². The minimum atomic E-state index is -0.342. The molecule has 1 heterocycles. The lowest BCUT2D eigenvalue weighted by Crippen LogP contribution is -1.96. The lowest BCUT2D eigenvalue weighted by Gasteiger charge is -2.02. The van der Waals surface area contributed by atoms with Crippen LogP contribution in [0.4, 0.5) is 4.39 Å². The zero-order valence-corrected chi connectivity index (χ0v) is 8.66. The Morgan fingerprint density at radius 1 is 1.27 bits per heavy atom. The number of hydrogen-bond acceptors (Lipinski definition) is 3. The molecule has 0 aliphatic heterocycles. The molecule has 3 nitrogen and oxygen atoms in total. The van der Waals surface area contributed by atoms with E-state index in [4.69, 9.17) is 11.6 Å². The molecule has 76 valence electrons. The molecule has 0 saturated carbocycles. The topological polar surface area (TPSA) is 38.7 Å². The zero-order chi connectivity index (χ0) is 10.8. The van der Waals surface area contributed by atoms with Gasteiger partial charge in [0.05, 0.1) is 0 Å². The molecule has 2 aromatic rings. The third-order valence-electron chi connectivity index (χ3n) is 1.85. The van der Waals surface area contributed by atoms with Crippen molar-refractivity contribution in [2.45, 2.75) is 6.92 Å². The summed E-state index contributed by atoms with van der Waals surface area (Å²) in [4.78, 5) is 3.95. The van der Waals surface area contributed by atoms with Gasteiger partial charge in [0, 0.05) is 5.56 Å². The predicted octanol–water partition coefficient (Wildman–Crippen LogP) is 2.64. The molecule has 0 aliphatic rings. The van der Waals surface area contributed by atoms with Crippen molar-refractivity contribution in [3.05, 3.63) is 41.1 Å². The minimum absolute atomic E-state index is 0.230. The molecule has 0 amide bonds. The summed E-state index contributed by atoms with van der Waals surface area (Å²) in [6, 6.07) is 5.98. The SMILES string of the molecule is Cc1nnc(-c2cccc(F)c2)c(Cl)n1. The van der Waals surface area contributed by atoms with E-state index in [1.54, 1.807) is 19.1 Å². The highest BCUT2D eigenvalue weighted by molar-refractivity contribution is 6.31. The number of benzene rings is 1. The quantitative estimate of drug-likeness (QED) is 0.746. The average molecular weight is 224 g/mol. The van der Waals surface area contributed by atoms with Gasteiger partial charge in [-0.1, -0.05) is 23.7 Å². The third kappa shape index (κ3) is 2.10. The molecule has 0 spiro atoms. The first-order chi connectivity index (χ1) is 7.16. The van der Waals surface area contributed by atoms with Crippen molar-refractivity contribution in [1.82, 2.24) is 15.2 Å². The molecule has 0 radical (unpaired) electrons. The maximum atomic E-state index is 13.0. The fraction of sp³-hybridized carbons (Fsp3) is 0.100. The van der Waals surface area contributed by atoms with Crippen LogP contribution in [0.15, 0.2) is 24.3 Å². The Labute approximate surface area is 90.9 Å². The van der Waals surface area contributed by atoms with Gasteiger partial charge in [0.1, 0.15) is 17.3 Å². The van der Waals surface area contributed by atoms with Crippen LogP contribution >= 0.6 is 11.6 Å². The summed E-state index contributed by atoms with van der Waals surface area (Å²) in [6.07, 6.45) is 0. The molecule has 5 heteroatoms. The molecule has 1 aromatic carbocycles. The summed E-state index contributed by atoms with van der Waals surface area (Å²) < 4.78 is 13.0. The van der Waals surface area contributed by atoms with Gasteiger partial charge in [-0.15, -0.1) is 10.2 Å². The van der Waals surface area contributed by atoms with Gasteiger partial charge < -0.3 is 0 Å². The zero-order valence-electron chi connectivity index (χ0n) is 7.91. The molecule has 0 aliphatic carbocycles. The van der Waals surface area contributed by atoms with Crippen LogP contribution in [0, 0.1) is 12.7 Å². The van der Waals surface area contributed by atoms with Crippen LogP contribution in [0.25, 0.3) is 11.3 Å². The van der Waals surface area contributed by atoms with Crippen LogP contribution in [-0.2, 0) is 0 Å². The Morgan fingerprint density at radius 3 is 2.73 bits per heavy atom. The van der Waals surface area contributed by atoms with Crippen LogP contribution in [-0.4, -0.2) is 15.2 Å². The molecule has 0 saturated heterocycles. The van der Waals surface area contributed by atoms with Gasteiger partial charge in [-0.2, -0.15) is 0 Å². The normalized spacial score (nSPS) is 10.3. The maximum Gasteiger partial charge on any atom is 0.159 e. The monoisotopic (exact) mass is 223 g/mol. The fourth-order valence-electron chi connectivity index (χ4n) is 1.19. The summed E-state index contributed by atoms with van der Waals surface area (Å²) in [5, 5.41) is 7.89. The molecule has 0 fully saturated rings. The Balaban J connectivity index is 2.54. The first-order valence-corrected chi connectivity index (χ1v) is 4.67. The first kappa shape index (κ1) is 9.98. The second kappa shape index (κ2) is 3.90. The number of aryl methyl sites for hydroxylation is 1. The lowest BCUT2D eigenvalue weighted by atomic mass is 10.2. The molecule has 1 aromatic heterocycles. The Kier molecular flexibility index (Phi) is 2.60. The van der Waals surface area contributed by atoms with E-state index in [1.165, 1.54) is 12.1 Å². The molecule has 2 rings (SSSR count). The minimum Gasteiger partial charge on any atom is -0.217 e. The molecule has 0 atom stereocenters. The largest absolute Gasteiger partial charge is 0.217 e. The number of rotatable bonds is 1. The Hall–Kier alpha value is -1.55. The van der Waals surface area contributed by atoms with Crippen molar-refractivity contribution >= 4 is 11.6 Å². The Bertz CT molecular complexity index is 502. The summed E-state index contributed by atoms with van der Waals surface area (Å²) in [5.41, 5.74) is 0.960. The van der Waals surface area contributed by atoms with Crippen molar-refractivity contribution in [3.8, 4) is 11.3 Å². The van der Waals surface area contributed by atoms with Gasteiger partial charge in [0.25, 0.3) is 0 Å². The van der Waals surface area contributed by atoms with Crippen molar-refractivity contribution in [1.29, 1.82) is 0 Å². The van der Waals surface area contributed by atoms with Gasteiger partial charge in [-0.3, -0.25) is 0 Å². The lowest BCUT2D eigenvalue weighted by molar-refractivity contribution is 0.628. The number of halogens is 2. The van der Waals surface area contributed by atoms with Gasteiger partial charge in [-0.25, -0.2) is 9.37 Å². The van der Waals surface area contributed by atoms with Crippen LogP contribution in [0.5, 0.6) is 0 Å². The van der Waals surface area contributed by atoms with E-state index in [1.807, 2.05) is 0 Å². The van der Waals surface area contributed by atoms with E-state index in [0.717, 1.165) is 0 Å². The van der Waals surface area contributed by atoms with Gasteiger partial charge >= 0.3 is 0 Å². The second-order valence-corrected chi connectivity index (χ2v) is 3.37. The summed E-state index contributed by atoms with van der Waals surface area (Å²) in [7, 11) is 0. The molecular weight excluding hydrogens is 217 g/mol. The van der Waals surface area contributed by atoms with Gasteiger partial charge in [0.15, 0.2) is 5.15 Å². The average Bonchev–Trinajstić information content (AvgIpc) is 2.17. The van der Waals surface area contributed by atoms with E-state index < -0.39 is 0 Å².